The van der Waals surface area contributed by atoms with E-state index in [2.05, 4.69) is 51.1 Å². The van der Waals surface area contributed by atoms with Crippen molar-refractivity contribution in [2.24, 2.45) is 0 Å². The van der Waals surface area contributed by atoms with Crippen LogP contribution in [0.2, 0.25) is 0 Å². The van der Waals surface area contributed by atoms with Crippen molar-refractivity contribution in [2.45, 2.75) is 39.7 Å². The SMILES string of the molecule is C#CCN(C)c1cc(CNCC)cc(C(C)(C)C)n1. The van der Waals surface area contributed by atoms with Gasteiger partial charge in [0.1, 0.15) is 5.82 Å². The van der Waals surface area contributed by atoms with E-state index in [0.717, 1.165) is 24.6 Å². The zero-order valence-corrected chi connectivity index (χ0v) is 12.7. The van der Waals surface area contributed by atoms with Crippen molar-refractivity contribution in [1.82, 2.24) is 10.3 Å². The minimum absolute atomic E-state index is 0.0357. The smallest absolute Gasteiger partial charge is 0.129 e. The Morgan fingerprint density at radius 2 is 2.05 bits per heavy atom. The fourth-order valence-electron chi connectivity index (χ4n) is 1.74. The van der Waals surface area contributed by atoms with E-state index in [0.29, 0.717) is 6.54 Å². The molecule has 19 heavy (non-hydrogen) atoms. The van der Waals surface area contributed by atoms with Gasteiger partial charge in [0.05, 0.1) is 6.54 Å². The molecule has 0 aromatic carbocycles. The highest BCUT2D eigenvalue weighted by Crippen LogP contribution is 2.24. The Balaban J connectivity index is 3.13. The highest BCUT2D eigenvalue weighted by molar-refractivity contribution is 5.44. The Kier molecular flexibility index (Phi) is 5.38. The van der Waals surface area contributed by atoms with Gasteiger partial charge in [-0.05, 0) is 24.2 Å². The number of hydrogen-bond donors (Lipinski definition) is 1. The Morgan fingerprint density at radius 1 is 1.37 bits per heavy atom. The highest BCUT2D eigenvalue weighted by atomic mass is 15.2. The number of rotatable bonds is 5. The maximum atomic E-state index is 5.38. The number of terminal acetylenes is 1. The van der Waals surface area contributed by atoms with E-state index in [1.54, 1.807) is 0 Å². The zero-order chi connectivity index (χ0) is 14.5. The van der Waals surface area contributed by atoms with Gasteiger partial charge in [0, 0.05) is 24.7 Å². The van der Waals surface area contributed by atoms with Crippen LogP contribution in [0.5, 0.6) is 0 Å². The van der Waals surface area contributed by atoms with E-state index in [9.17, 15) is 0 Å². The second-order valence-corrected chi connectivity index (χ2v) is 5.81. The molecule has 1 heterocycles. The van der Waals surface area contributed by atoms with Crippen LogP contribution in [-0.4, -0.2) is 25.1 Å². The third-order valence-corrected chi connectivity index (χ3v) is 2.94. The number of hydrogen-bond acceptors (Lipinski definition) is 3. The predicted octanol–water partition coefficient (Wildman–Crippen LogP) is 2.56. The number of nitrogens with one attached hydrogen (secondary N) is 1. The van der Waals surface area contributed by atoms with Crippen LogP contribution in [0.3, 0.4) is 0 Å². The maximum Gasteiger partial charge on any atom is 0.129 e. The Hall–Kier alpha value is -1.53. The molecule has 0 unspecified atom stereocenters. The van der Waals surface area contributed by atoms with Gasteiger partial charge < -0.3 is 10.2 Å². The molecule has 0 aliphatic heterocycles. The van der Waals surface area contributed by atoms with E-state index in [-0.39, 0.29) is 5.41 Å². The molecule has 1 aromatic heterocycles. The van der Waals surface area contributed by atoms with Crippen LogP contribution in [0.1, 0.15) is 39.0 Å². The van der Waals surface area contributed by atoms with Crippen LogP contribution in [0.4, 0.5) is 5.82 Å². The van der Waals surface area contributed by atoms with Crippen LogP contribution in [0.15, 0.2) is 12.1 Å². The molecule has 0 radical (unpaired) electrons. The molecule has 0 saturated heterocycles. The molecule has 1 N–H and O–H groups in total. The average Bonchev–Trinajstić information content (AvgIpc) is 2.35. The lowest BCUT2D eigenvalue weighted by Gasteiger charge is -2.23. The molecule has 104 valence electrons. The van der Waals surface area contributed by atoms with Crippen molar-refractivity contribution in [3.63, 3.8) is 0 Å². The summed E-state index contributed by atoms with van der Waals surface area (Å²) in [7, 11) is 1.98. The van der Waals surface area contributed by atoms with Crippen LogP contribution in [-0.2, 0) is 12.0 Å². The van der Waals surface area contributed by atoms with Crippen LogP contribution in [0.25, 0.3) is 0 Å². The summed E-state index contributed by atoms with van der Waals surface area (Å²) in [5.41, 5.74) is 2.39. The molecule has 3 nitrogen and oxygen atoms in total. The van der Waals surface area contributed by atoms with E-state index in [1.807, 2.05) is 11.9 Å². The summed E-state index contributed by atoms with van der Waals surface area (Å²) in [4.78, 5) is 6.74. The highest BCUT2D eigenvalue weighted by Gasteiger charge is 2.18. The lowest BCUT2D eigenvalue weighted by Crippen LogP contribution is -2.23. The second-order valence-electron chi connectivity index (χ2n) is 5.81. The molecular formula is C16H25N3. The van der Waals surface area contributed by atoms with E-state index in [1.165, 1.54) is 5.56 Å². The van der Waals surface area contributed by atoms with Gasteiger partial charge in [0.15, 0.2) is 0 Å². The minimum Gasteiger partial charge on any atom is -0.349 e. The van der Waals surface area contributed by atoms with Crippen molar-refractivity contribution in [2.75, 3.05) is 25.0 Å². The predicted molar refractivity (Wildman–Crippen MR) is 82.4 cm³/mol. The number of nitrogens with zero attached hydrogens (tertiary/aromatic N) is 2. The van der Waals surface area contributed by atoms with Gasteiger partial charge in [-0.25, -0.2) is 4.98 Å². The van der Waals surface area contributed by atoms with E-state index < -0.39 is 0 Å². The number of anilines is 1. The van der Waals surface area contributed by atoms with Crippen molar-refractivity contribution in [3.05, 3.63) is 23.4 Å². The molecule has 0 bridgehead atoms. The monoisotopic (exact) mass is 259 g/mol. The van der Waals surface area contributed by atoms with Gasteiger partial charge >= 0.3 is 0 Å². The molecule has 0 aliphatic carbocycles. The summed E-state index contributed by atoms with van der Waals surface area (Å²) in [6.07, 6.45) is 5.38. The fourth-order valence-corrected chi connectivity index (χ4v) is 1.74. The molecule has 0 saturated carbocycles. The molecule has 1 aromatic rings. The standard InChI is InChI=1S/C16H25N3/c1-7-9-19(6)15-11-13(12-17-8-2)10-14(18-15)16(3,4)5/h1,10-11,17H,8-9,12H2,2-6H3. The molecule has 1 rings (SSSR count). The quantitative estimate of drug-likeness (QED) is 0.824. The molecule has 0 fully saturated rings. The van der Waals surface area contributed by atoms with E-state index >= 15 is 0 Å². The van der Waals surface area contributed by atoms with Gasteiger partial charge in [-0.2, -0.15) is 0 Å². The summed E-state index contributed by atoms with van der Waals surface area (Å²) in [6, 6.07) is 4.28. The van der Waals surface area contributed by atoms with Crippen molar-refractivity contribution in [3.8, 4) is 12.3 Å². The molecule has 0 amide bonds. The third kappa shape index (κ3) is 4.57. The van der Waals surface area contributed by atoms with Crippen molar-refractivity contribution >= 4 is 5.82 Å². The largest absolute Gasteiger partial charge is 0.349 e. The number of aromatic nitrogens is 1. The van der Waals surface area contributed by atoms with Crippen molar-refractivity contribution in [1.29, 1.82) is 0 Å². The first kappa shape index (κ1) is 15.5. The summed E-state index contributed by atoms with van der Waals surface area (Å²) in [5, 5.41) is 3.35. The molecule has 0 aliphatic rings. The summed E-state index contributed by atoms with van der Waals surface area (Å²) in [5.74, 6) is 3.60. The lowest BCUT2D eigenvalue weighted by atomic mass is 9.90. The van der Waals surface area contributed by atoms with Gasteiger partial charge in [0.2, 0.25) is 0 Å². The molecule has 0 atom stereocenters. The summed E-state index contributed by atoms with van der Waals surface area (Å²) in [6.45, 7) is 11.0. The first-order valence-electron chi connectivity index (χ1n) is 6.75. The summed E-state index contributed by atoms with van der Waals surface area (Å²) < 4.78 is 0. The van der Waals surface area contributed by atoms with E-state index in [4.69, 9.17) is 11.4 Å². The van der Waals surface area contributed by atoms with Crippen LogP contribution >= 0.6 is 0 Å². The fraction of sp³-hybridized carbons (Fsp3) is 0.562. The Labute approximate surface area is 117 Å². The molecule has 3 heteroatoms. The average molecular weight is 259 g/mol. The topological polar surface area (TPSA) is 28.2 Å². The number of pyridine rings is 1. The van der Waals surface area contributed by atoms with Crippen LogP contribution < -0.4 is 10.2 Å². The molecule has 0 spiro atoms. The third-order valence-electron chi connectivity index (χ3n) is 2.94. The van der Waals surface area contributed by atoms with Gasteiger partial charge in [0.25, 0.3) is 0 Å². The van der Waals surface area contributed by atoms with Gasteiger partial charge in [-0.15, -0.1) is 6.42 Å². The van der Waals surface area contributed by atoms with Gasteiger partial charge in [-0.1, -0.05) is 33.6 Å². The molecular weight excluding hydrogens is 234 g/mol. The maximum absolute atomic E-state index is 5.38. The normalized spacial score (nSPS) is 11.2. The zero-order valence-electron chi connectivity index (χ0n) is 12.7. The van der Waals surface area contributed by atoms with Gasteiger partial charge in [-0.3, -0.25) is 0 Å². The first-order valence-corrected chi connectivity index (χ1v) is 6.75. The Morgan fingerprint density at radius 3 is 2.58 bits per heavy atom. The Bertz CT molecular complexity index is 452. The van der Waals surface area contributed by atoms with Crippen molar-refractivity contribution < 1.29 is 0 Å². The first-order chi connectivity index (χ1) is 8.88. The summed E-state index contributed by atoms with van der Waals surface area (Å²) >= 11 is 0. The van der Waals surface area contributed by atoms with Crippen LogP contribution in [0, 0.1) is 12.3 Å². The minimum atomic E-state index is 0.0357. The second kappa shape index (κ2) is 6.58. The lowest BCUT2D eigenvalue weighted by molar-refractivity contribution is 0.566.